The van der Waals surface area contributed by atoms with Crippen molar-refractivity contribution in [2.45, 2.75) is 77.1 Å². The van der Waals surface area contributed by atoms with E-state index in [4.69, 9.17) is 18.4 Å². The third kappa shape index (κ3) is 15.5. The lowest BCUT2D eigenvalue weighted by Crippen LogP contribution is -2.58. The monoisotopic (exact) mass is 1100 g/mol. The molecular weight excluding hydrogens is 1040 g/mol. The predicted octanol–water partition coefficient (Wildman–Crippen LogP) is 8.15. The van der Waals surface area contributed by atoms with Crippen LogP contribution in [-0.4, -0.2) is 111 Å². The Hall–Kier alpha value is -7.62. The Labute approximate surface area is 458 Å². The third-order valence-corrected chi connectivity index (χ3v) is 15.2. The molecule has 0 unspecified atom stereocenters. The average molecular weight is 1100 g/mol. The quantitative estimate of drug-likeness (QED) is 0.0162. The fourth-order valence-electron chi connectivity index (χ4n) is 8.94. The fraction of sp³-hybridized carbons (Fsp3) is 0.328. The number of rotatable bonds is 25. The SMILES string of the molecule is CC/C(=C(\c1ccccc1)c1ccc(OCC(=O)NCCOCCOCC(=O)N[C@H](C(=O)N2C[C@H](OS(=O)(=O)c3ccccc3[N+](=O)[O-])C[C@H]2C(=O)NCc2ccc(-c3scnc3C)cc2)C(C)(C)C)cc1)c1ccccc1. The van der Waals surface area contributed by atoms with Gasteiger partial charge in [0.15, 0.2) is 11.5 Å². The lowest BCUT2D eigenvalue weighted by molar-refractivity contribution is -0.387. The molecule has 5 aromatic carbocycles. The molecule has 0 spiro atoms. The Morgan fingerprint density at radius 1 is 0.795 bits per heavy atom. The molecule has 0 radical (unpaired) electrons. The van der Waals surface area contributed by atoms with Crippen LogP contribution in [0.2, 0.25) is 0 Å². The van der Waals surface area contributed by atoms with E-state index in [1.165, 1.54) is 33.9 Å². The molecule has 1 aliphatic rings. The molecule has 7 rings (SSSR count). The summed E-state index contributed by atoms with van der Waals surface area (Å²) in [6.07, 6.45) is -0.721. The molecule has 18 nitrogen and oxygen atoms in total. The van der Waals surface area contributed by atoms with Gasteiger partial charge in [-0.15, -0.1) is 11.3 Å². The van der Waals surface area contributed by atoms with Gasteiger partial charge in [0.05, 0.1) is 46.9 Å². The summed E-state index contributed by atoms with van der Waals surface area (Å²) in [4.78, 5) is 71.2. The van der Waals surface area contributed by atoms with E-state index in [0.29, 0.717) is 5.75 Å². The summed E-state index contributed by atoms with van der Waals surface area (Å²) in [6.45, 7) is 8.72. The fourth-order valence-corrected chi connectivity index (χ4v) is 11.0. The maximum Gasteiger partial charge on any atom is 0.304 e. The number of thiazole rings is 1. The van der Waals surface area contributed by atoms with Crippen LogP contribution in [-0.2, 0) is 49.5 Å². The molecule has 410 valence electrons. The van der Waals surface area contributed by atoms with E-state index in [0.717, 1.165) is 62.5 Å². The predicted molar refractivity (Wildman–Crippen MR) is 296 cm³/mol. The first-order chi connectivity index (χ1) is 37.4. The average Bonchev–Trinajstić information content (AvgIpc) is 4.10. The zero-order chi connectivity index (χ0) is 55.8. The van der Waals surface area contributed by atoms with Crippen LogP contribution < -0.4 is 20.7 Å². The summed E-state index contributed by atoms with van der Waals surface area (Å²) in [6, 6.07) is 38.0. The smallest absolute Gasteiger partial charge is 0.304 e. The molecule has 1 aliphatic heterocycles. The molecule has 20 heteroatoms. The van der Waals surface area contributed by atoms with Crippen LogP contribution in [0.15, 0.2) is 144 Å². The standard InChI is InChI=1S/C58H64N6O12S2/c1-6-47(41-15-9-7-10-16-41)53(42-17-11-8-12-18-42)43-25-27-45(28-26-43)75-37-51(65)59-29-30-73-31-32-74-36-52(66)62-55(58(3,4)5)57(68)63-35-46(76-78(71,72)50-20-14-13-19-48(50)64(69)70)33-49(63)56(67)60-34-40-21-23-44(24-22-40)54-39(2)61-38-77-54/h7-28,38,46,49,55H,6,29-37H2,1-5H3,(H,59,65)(H,60,67)(H,62,66)/b53-47-/t46-,49+,55-/m1/s1. The van der Waals surface area contributed by atoms with Gasteiger partial charge in [0, 0.05) is 32.1 Å². The molecule has 0 bridgehead atoms. The maximum atomic E-state index is 14.5. The van der Waals surface area contributed by atoms with Gasteiger partial charge in [0.1, 0.15) is 24.4 Å². The summed E-state index contributed by atoms with van der Waals surface area (Å²) < 4.78 is 49.5. The molecule has 1 saturated heterocycles. The number of hydrogen-bond donors (Lipinski definition) is 3. The van der Waals surface area contributed by atoms with Gasteiger partial charge >= 0.3 is 10.1 Å². The lowest BCUT2D eigenvalue weighted by Gasteiger charge is -2.35. The number of para-hydroxylation sites is 1. The molecule has 3 atom stereocenters. The Balaban J connectivity index is 0.881. The van der Waals surface area contributed by atoms with Crippen molar-refractivity contribution in [1.82, 2.24) is 25.8 Å². The number of carbonyl (C=O) groups excluding carboxylic acids is 4. The number of nitro groups is 1. The number of ether oxygens (including phenoxy) is 3. The van der Waals surface area contributed by atoms with Crippen LogP contribution in [0.4, 0.5) is 5.69 Å². The van der Waals surface area contributed by atoms with Crippen LogP contribution in [0.25, 0.3) is 21.6 Å². The molecule has 4 amide bonds. The van der Waals surface area contributed by atoms with Gasteiger partial charge in [-0.1, -0.05) is 137 Å². The molecule has 1 fully saturated rings. The molecule has 1 aromatic heterocycles. The lowest BCUT2D eigenvalue weighted by atomic mass is 9.85. The van der Waals surface area contributed by atoms with Crippen LogP contribution in [0, 0.1) is 22.5 Å². The van der Waals surface area contributed by atoms with Gasteiger partial charge in [-0.3, -0.25) is 33.5 Å². The van der Waals surface area contributed by atoms with Crippen molar-refractivity contribution in [3.05, 3.63) is 177 Å². The van der Waals surface area contributed by atoms with Crippen molar-refractivity contribution in [1.29, 1.82) is 0 Å². The van der Waals surface area contributed by atoms with Crippen LogP contribution in [0.5, 0.6) is 5.75 Å². The van der Waals surface area contributed by atoms with E-state index < -0.39 is 73.6 Å². The number of amides is 4. The van der Waals surface area contributed by atoms with Crippen molar-refractivity contribution in [3.63, 3.8) is 0 Å². The molecule has 0 aliphatic carbocycles. The van der Waals surface area contributed by atoms with Crippen molar-refractivity contribution < 1.29 is 50.9 Å². The van der Waals surface area contributed by atoms with Crippen molar-refractivity contribution in [2.75, 3.05) is 46.1 Å². The number of carbonyl (C=O) groups is 4. The van der Waals surface area contributed by atoms with Gasteiger partial charge < -0.3 is 35.1 Å². The summed E-state index contributed by atoms with van der Waals surface area (Å²) in [5.74, 6) is -1.72. The molecule has 3 N–H and O–H groups in total. The highest BCUT2D eigenvalue weighted by Crippen LogP contribution is 2.36. The van der Waals surface area contributed by atoms with Gasteiger partial charge in [-0.25, -0.2) is 4.98 Å². The van der Waals surface area contributed by atoms with Gasteiger partial charge in [0.25, 0.3) is 11.6 Å². The minimum absolute atomic E-state index is 0.00985. The van der Waals surface area contributed by atoms with Gasteiger partial charge in [-0.2, -0.15) is 8.42 Å². The van der Waals surface area contributed by atoms with E-state index >= 15 is 0 Å². The Morgan fingerprint density at radius 3 is 2.08 bits per heavy atom. The Bertz CT molecular complexity index is 3170. The van der Waals surface area contributed by atoms with Crippen molar-refractivity contribution >= 4 is 61.9 Å². The molecule has 6 aromatic rings. The minimum Gasteiger partial charge on any atom is -0.484 e. The van der Waals surface area contributed by atoms with Crippen LogP contribution in [0.3, 0.4) is 0 Å². The van der Waals surface area contributed by atoms with E-state index in [2.05, 4.69) is 52.1 Å². The Kier molecular flexibility index (Phi) is 20.2. The zero-order valence-corrected chi connectivity index (χ0v) is 45.8. The zero-order valence-electron chi connectivity index (χ0n) is 44.1. The number of aryl methyl sites for hydroxylation is 1. The van der Waals surface area contributed by atoms with E-state index in [9.17, 15) is 37.7 Å². The maximum absolute atomic E-state index is 14.5. The molecule has 0 saturated carbocycles. The number of nitrogens with zero attached hydrogens (tertiary/aromatic N) is 3. The number of benzene rings is 5. The third-order valence-electron chi connectivity index (χ3n) is 12.8. The van der Waals surface area contributed by atoms with Crippen molar-refractivity contribution in [3.8, 4) is 16.2 Å². The first-order valence-electron chi connectivity index (χ1n) is 25.5. The highest BCUT2D eigenvalue weighted by molar-refractivity contribution is 7.87. The second-order valence-corrected chi connectivity index (χ2v) is 21.8. The highest BCUT2D eigenvalue weighted by atomic mass is 32.2. The van der Waals surface area contributed by atoms with Crippen molar-refractivity contribution in [2.24, 2.45) is 5.41 Å². The Morgan fingerprint density at radius 2 is 1.44 bits per heavy atom. The van der Waals surface area contributed by atoms with E-state index in [1.54, 1.807) is 26.3 Å². The highest BCUT2D eigenvalue weighted by Gasteiger charge is 2.47. The number of aromatic nitrogens is 1. The number of nitrogens with one attached hydrogen (secondary N) is 3. The molecule has 78 heavy (non-hydrogen) atoms. The summed E-state index contributed by atoms with van der Waals surface area (Å²) in [7, 11) is -4.76. The van der Waals surface area contributed by atoms with Gasteiger partial charge in [0.2, 0.25) is 17.7 Å². The first kappa shape index (κ1) is 58.1. The summed E-state index contributed by atoms with van der Waals surface area (Å²) in [5, 5.41) is 20.1. The van der Waals surface area contributed by atoms with Gasteiger partial charge in [-0.05, 0) is 75.9 Å². The largest absolute Gasteiger partial charge is 0.484 e. The number of allylic oxidation sites excluding steroid dienone is 1. The number of hydrogen-bond acceptors (Lipinski definition) is 14. The summed E-state index contributed by atoms with van der Waals surface area (Å²) in [5.41, 5.74) is 8.37. The van der Waals surface area contributed by atoms with Crippen LogP contribution in [0.1, 0.15) is 68.5 Å². The summed E-state index contributed by atoms with van der Waals surface area (Å²) >= 11 is 1.51. The normalized spacial score (nSPS) is 15.2. The number of nitro benzene ring substituents is 1. The second kappa shape index (κ2) is 27.1. The first-order valence-corrected chi connectivity index (χ1v) is 27.7. The molecular formula is C58H64N6O12S2. The van der Waals surface area contributed by atoms with E-state index in [1.807, 2.05) is 91.9 Å². The molecule has 2 heterocycles. The second-order valence-electron chi connectivity index (χ2n) is 19.5. The van der Waals surface area contributed by atoms with Crippen LogP contribution >= 0.6 is 11.3 Å². The number of likely N-dealkylation sites (tertiary alicyclic amines) is 1. The van der Waals surface area contributed by atoms with E-state index in [-0.39, 0.29) is 58.4 Å². The minimum atomic E-state index is -4.76. The topological polar surface area (TPSA) is 235 Å².